The molecule has 0 aliphatic heterocycles. The maximum absolute atomic E-state index is 11.7. The normalized spacial score (nSPS) is 11.6. The Labute approximate surface area is 119 Å². The summed E-state index contributed by atoms with van der Waals surface area (Å²) < 4.78 is 5.34. The maximum Gasteiger partial charge on any atom is 0.244 e. The van der Waals surface area contributed by atoms with Crippen LogP contribution in [-0.2, 0) is 4.79 Å². The van der Waals surface area contributed by atoms with Gasteiger partial charge in [0.25, 0.3) is 0 Å². The Morgan fingerprint density at radius 3 is 2.75 bits per heavy atom. The number of anilines is 1. The van der Waals surface area contributed by atoms with E-state index in [9.17, 15) is 4.79 Å². The van der Waals surface area contributed by atoms with Gasteiger partial charge in [0.05, 0.1) is 24.4 Å². The Balaban J connectivity index is 2.71. The van der Waals surface area contributed by atoms with Crippen molar-refractivity contribution in [1.82, 2.24) is 5.32 Å². The lowest BCUT2D eigenvalue weighted by Gasteiger charge is -2.22. The van der Waals surface area contributed by atoms with E-state index in [0.29, 0.717) is 18.0 Å². The summed E-state index contributed by atoms with van der Waals surface area (Å²) in [6.07, 6.45) is 3.07. The first-order valence-corrected chi connectivity index (χ1v) is 6.51. The second kappa shape index (κ2) is 6.96. The largest absolute Gasteiger partial charge is 0.492 e. The molecule has 110 valence electrons. The summed E-state index contributed by atoms with van der Waals surface area (Å²) in [5, 5.41) is 11.8. The maximum atomic E-state index is 11.7. The van der Waals surface area contributed by atoms with Crippen molar-refractivity contribution >= 4 is 17.7 Å². The van der Waals surface area contributed by atoms with Crippen molar-refractivity contribution in [2.75, 3.05) is 18.9 Å². The third-order valence-corrected chi connectivity index (χ3v) is 2.62. The fourth-order valence-corrected chi connectivity index (χ4v) is 1.54. The molecule has 0 radical (unpaired) electrons. The van der Waals surface area contributed by atoms with Crippen molar-refractivity contribution in [3.63, 3.8) is 0 Å². The van der Waals surface area contributed by atoms with E-state index in [0.717, 1.165) is 5.56 Å². The lowest BCUT2D eigenvalue weighted by atomic mass is 10.1. The van der Waals surface area contributed by atoms with E-state index in [1.165, 1.54) is 6.08 Å². The molecule has 5 nitrogen and oxygen atoms in total. The van der Waals surface area contributed by atoms with Crippen molar-refractivity contribution in [3.05, 3.63) is 29.8 Å². The fraction of sp³-hybridized carbons (Fsp3) is 0.400. The Kier molecular flexibility index (Phi) is 5.58. The van der Waals surface area contributed by atoms with Gasteiger partial charge in [-0.2, -0.15) is 0 Å². The van der Waals surface area contributed by atoms with Crippen LogP contribution in [0.25, 0.3) is 6.08 Å². The summed E-state index contributed by atoms with van der Waals surface area (Å²) in [5.74, 6) is 0.368. The van der Waals surface area contributed by atoms with Crippen LogP contribution >= 0.6 is 0 Å². The number of ether oxygens (including phenoxy) is 1. The number of rotatable bonds is 6. The highest BCUT2D eigenvalue weighted by Gasteiger charge is 2.17. The van der Waals surface area contributed by atoms with Gasteiger partial charge in [-0.1, -0.05) is 6.07 Å². The molecule has 1 rings (SSSR count). The number of hydrogen-bond donors (Lipinski definition) is 3. The number of hydrogen-bond acceptors (Lipinski definition) is 4. The van der Waals surface area contributed by atoms with Gasteiger partial charge in [0.15, 0.2) is 0 Å². The number of benzene rings is 1. The molecule has 0 aliphatic carbocycles. The first kappa shape index (κ1) is 16.0. The quantitative estimate of drug-likeness (QED) is 0.544. The number of carbonyl (C=O) groups excluding carboxylic acids is 1. The van der Waals surface area contributed by atoms with E-state index in [4.69, 9.17) is 15.6 Å². The van der Waals surface area contributed by atoms with E-state index in [2.05, 4.69) is 5.32 Å². The topological polar surface area (TPSA) is 84.6 Å². The van der Waals surface area contributed by atoms with Gasteiger partial charge in [-0.05, 0) is 44.5 Å². The molecule has 0 atom stereocenters. The van der Waals surface area contributed by atoms with E-state index >= 15 is 0 Å². The van der Waals surface area contributed by atoms with Crippen LogP contribution in [-0.4, -0.2) is 29.8 Å². The minimum Gasteiger partial charge on any atom is -0.492 e. The average molecular weight is 278 g/mol. The second-order valence-corrected chi connectivity index (χ2v) is 5.09. The molecule has 0 saturated carbocycles. The number of nitrogen functional groups attached to an aromatic ring is 1. The number of nitrogens with two attached hydrogens (primary N) is 1. The highest BCUT2D eigenvalue weighted by atomic mass is 16.5. The predicted octanol–water partition coefficient (Wildman–Crippen LogP) is 1.57. The summed E-state index contributed by atoms with van der Waals surface area (Å²) in [6.45, 7) is 5.81. The third-order valence-electron chi connectivity index (χ3n) is 2.62. The van der Waals surface area contributed by atoms with Crippen molar-refractivity contribution in [1.29, 1.82) is 0 Å². The average Bonchev–Trinajstić information content (AvgIpc) is 2.39. The summed E-state index contributed by atoms with van der Waals surface area (Å²) >= 11 is 0. The van der Waals surface area contributed by atoms with Gasteiger partial charge in [0, 0.05) is 6.08 Å². The first-order chi connectivity index (χ1) is 9.38. The van der Waals surface area contributed by atoms with E-state index in [1.54, 1.807) is 32.1 Å². The van der Waals surface area contributed by atoms with Crippen LogP contribution in [0.4, 0.5) is 5.69 Å². The molecule has 0 fully saturated rings. The van der Waals surface area contributed by atoms with Gasteiger partial charge in [0.1, 0.15) is 5.75 Å². The van der Waals surface area contributed by atoms with Gasteiger partial charge in [0.2, 0.25) is 5.91 Å². The number of aliphatic hydroxyl groups excluding tert-OH is 1. The van der Waals surface area contributed by atoms with Crippen molar-refractivity contribution in [2.45, 2.75) is 26.3 Å². The first-order valence-electron chi connectivity index (χ1n) is 6.51. The Bertz CT molecular complexity index is 496. The molecule has 1 aromatic rings. The smallest absolute Gasteiger partial charge is 0.244 e. The lowest BCUT2D eigenvalue weighted by molar-refractivity contribution is -0.118. The molecule has 1 aromatic carbocycles. The summed E-state index contributed by atoms with van der Waals surface area (Å²) in [5.41, 5.74) is 6.55. The minimum atomic E-state index is -0.640. The van der Waals surface area contributed by atoms with Crippen molar-refractivity contribution in [2.24, 2.45) is 0 Å². The molecule has 0 aromatic heterocycles. The molecule has 20 heavy (non-hydrogen) atoms. The minimum absolute atomic E-state index is 0.122. The van der Waals surface area contributed by atoms with Gasteiger partial charge >= 0.3 is 0 Å². The summed E-state index contributed by atoms with van der Waals surface area (Å²) in [4.78, 5) is 11.7. The van der Waals surface area contributed by atoms with Crippen LogP contribution in [0.15, 0.2) is 24.3 Å². The number of aliphatic hydroxyl groups is 1. The van der Waals surface area contributed by atoms with Crippen LogP contribution < -0.4 is 15.8 Å². The van der Waals surface area contributed by atoms with Crippen LogP contribution in [0.2, 0.25) is 0 Å². The lowest BCUT2D eigenvalue weighted by Crippen LogP contribution is -2.45. The van der Waals surface area contributed by atoms with Gasteiger partial charge in [-0.15, -0.1) is 0 Å². The zero-order valence-corrected chi connectivity index (χ0v) is 12.1. The highest BCUT2D eigenvalue weighted by Crippen LogP contribution is 2.23. The van der Waals surface area contributed by atoms with Gasteiger partial charge in [-0.3, -0.25) is 4.79 Å². The Hall–Kier alpha value is -2.01. The van der Waals surface area contributed by atoms with Crippen LogP contribution in [0.1, 0.15) is 26.3 Å². The molecule has 0 spiro atoms. The third kappa shape index (κ3) is 4.93. The molecule has 4 N–H and O–H groups in total. The molecule has 0 heterocycles. The highest BCUT2D eigenvalue weighted by molar-refractivity contribution is 5.92. The number of amides is 1. The Morgan fingerprint density at radius 2 is 2.20 bits per heavy atom. The molecule has 0 unspecified atom stereocenters. The molecule has 0 aliphatic rings. The fourth-order valence-electron chi connectivity index (χ4n) is 1.54. The van der Waals surface area contributed by atoms with E-state index in [-0.39, 0.29) is 12.5 Å². The molecule has 1 amide bonds. The zero-order valence-electron chi connectivity index (χ0n) is 12.1. The van der Waals surface area contributed by atoms with Crippen LogP contribution in [0.3, 0.4) is 0 Å². The SMILES string of the molecule is CCOc1ccc(/C=C\C(=O)NC(C)(C)CO)cc1N. The summed E-state index contributed by atoms with van der Waals surface area (Å²) in [7, 11) is 0. The molecule has 0 saturated heterocycles. The van der Waals surface area contributed by atoms with E-state index in [1.807, 2.05) is 13.0 Å². The predicted molar refractivity (Wildman–Crippen MR) is 80.4 cm³/mol. The zero-order chi connectivity index (χ0) is 15.2. The van der Waals surface area contributed by atoms with Crippen molar-refractivity contribution in [3.8, 4) is 5.75 Å². The second-order valence-electron chi connectivity index (χ2n) is 5.09. The van der Waals surface area contributed by atoms with Gasteiger partial charge in [-0.25, -0.2) is 0 Å². The summed E-state index contributed by atoms with van der Waals surface area (Å²) in [6, 6.07) is 5.34. The number of nitrogens with one attached hydrogen (secondary N) is 1. The molecular formula is C15H22N2O3. The van der Waals surface area contributed by atoms with Crippen LogP contribution in [0.5, 0.6) is 5.75 Å². The monoisotopic (exact) mass is 278 g/mol. The van der Waals surface area contributed by atoms with Crippen molar-refractivity contribution < 1.29 is 14.6 Å². The van der Waals surface area contributed by atoms with E-state index < -0.39 is 5.54 Å². The molecular weight excluding hydrogens is 256 g/mol. The van der Waals surface area contributed by atoms with Gasteiger partial charge < -0.3 is 20.9 Å². The number of carbonyl (C=O) groups is 1. The Morgan fingerprint density at radius 1 is 1.50 bits per heavy atom. The molecule has 5 heteroatoms. The van der Waals surface area contributed by atoms with Crippen LogP contribution in [0, 0.1) is 0 Å². The molecule has 0 bridgehead atoms. The standard InChI is InChI=1S/C15H22N2O3/c1-4-20-13-7-5-11(9-12(13)16)6-8-14(19)17-15(2,3)10-18/h5-9,18H,4,10,16H2,1-3H3,(H,17,19)/b8-6-.